The van der Waals surface area contributed by atoms with Crippen molar-refractivity contribution in [2.45, 2.75) is 25.8 Å². The average molecular weight is 270 g/mol. The zero-order chi connectivity index (χ0) is 14.4. The SMILES string of the molecule is COc1ccccc1CC(Cc1ccccc1C)NN. The fourth-order valence-electron chi connectivity index (χ4n) is 2.43. The van der Waals surface area contributed by atoms with Crippen molar-refractivity contribution in [1.82, 2.24) is 5.43 Å². The largest absolute Gasteiger partial charge is 0.496 e. The van der Waals surface area contributed by atoms with Crippen molar-refractivity contribution in [2.75, 3.05) is 7.11 Å². The van der Waals surface area contributed by atoms with Gasteiger partial charge in [0.1, 0.15) is 5.75 Å². The lowest BCUT2D eigenvalue weighted by Gasteiger charge is -2.18. The third-order valence-corrected chi connectivity index (χ3v) is 3.62. The highest BCUT2D eigenvalue weighted by atomic mass is 16.5. The van der Waals surface area contributed by atoms with Crippen LogP contribution in [0.4, 0.5) is 0 Å². The number of benzene rings is 2. The van der Waals surface area contributed by atoms with Gasteiger partial charge in [0.25, 0.3) is 0 Å². The smallest absolute Gasteiger partial charge is 0.122 e. The van der Waals surface area contributed by atoms with Crippen molar-refractivity contribution >= 4 is 0 Å². The van der Waals surface area contributed by atoms with Gasteiger partial charge in [-0.05, 0) is 42.5 Å². The van der Waals surface area contributed by atoms with Gasteiger partial charge in [0.2, 0.25) is 0 Å². The molecule has 0 saturated carbocycles. The van der Waals surface area contributed by atoms with E-state index in [0.29, 0.717) is 0 Å². The fraction of sp³-hybridized carbons (Fsp3) is 0.294. The molecule has 0 fully saturated rings. The molecule has 3 nitrogen and oxygen atoms in total. The Morgan fingerprint density at radius 3 is 2.25 bits per heavy atom. The molecule has 0 aliphatic rings. The lowest BCUT2D eigenvalue weighted by Crippen LogP contribution is -2.38. The van der Waals surface area contributed by atoms with E-state index in [1.807, 2.05) is 18.2 Å². The molecular formula is C17H22N2O. The first-order valence-electron chi connectivity index (χ1n) is 6.87. The summed E-state index contributed by atoms with van der Waals surface area (Å²) in [4.78, 5) is 0. The second-order valence-electron chi connectivity index (χ2n) is 5.01. The third-order valence-electron chi connectivity index (χ3n) is 3.62. The summed E-state index contributed by atoms with van der Waals surface area (Å²) < 4.78 is 5.40. The van der Waals surface area contributed by atoms with E-state index in [1.165, 1.54) is 16.7 Å². The van der Waals surface area contributed by atoms with Crippen LogP contribution in [-0.2, 0) is 12.8 Å². The summed E-state index contributed by atoms with van der Waals surface area (Å²) in [7, 11) is 1.70. The quantitative estimate of drug-likeness (QED) is 0.626. The molecule has 0 aromatic heterocycles. The molecule has 0 bridgehead atoms. The molecule has 2 aromatic carbocycles. The molecule has 0 saturated heterocycles. The maximum atomic E-state index is 5.72. The van der Waals surface area contributed by atoms with Crippen molar-refractivity contribution in [3.8, 4) is 5.75 Å². The van der Waals surface area contributed by atoms with Gasteiger partial charge in [-0.2, -0.15) is 0 Å². The molecule has 3 heteroatoms. The highest BCUT2D eigenvalue weighted by Crippen LogP contribution is 2.20. The minimum absolute atomic E-state index is 0.187. The van der Waals surface area contributed by atoms with Crippen LogP contribution in [0.5, 0.6) is 5.75 Å². The number of hydrogen-bond donors (Lipinski definition) is 2. The van der Waals surface area contributed by atoms with Gasteiger partial charge >= 0.3 is 0 Å². The Labute approximate surface area is 120 Å². The van der Waals surface area contributed by atoms with Crippen LogP contribution < -0.4 is 16.0 Å². The topological polar surface area (TPSA) is 47.3 Å². The Kier molecular flexibility index (Phi) is 5.16. The molecule has 1 unspecified atom stereocenters. The van der Waals surface area contributed by atoms with Gasteiger partial charge < -0.3 is 4.74 Å². The fourth-order valence-corrected chi connectivity index (χ4v) is 2.43. The zero-order valence-electron chi connectivity index (χ0n) is 12.1. The Balaban J connectivity index is 2.11. The van der Waals surface area contributed by atoms with Crippen molar-refractivity contribution < 1.29 is 4.74 Å². The first-order valence-corrected chi connectivity index (χ1v) is 6.87. The maximum absolute atomic E-state index is 5.72. The first kappa shape index (κ1) is 14.6. The third kappa shape index (κ3) is 3.59. The predicted octanol–water partition coefficient (Wildman–Crippen LogP) is 2.62. The number of ether oxygens (including phenoxy) is 1. The summed E-state index contributed by atoms with van der Waals surface area (Å²) in [5, 5.41) is 0. The van der Waals surface area contributed by atoms with Crippen LogP contribution in [0, 0.1) is 6.92 Å². The van der Waals surface area contributed by atoms with E-state index < -0.39 is 0 Å². The number of hydrazine groups is 1. The van der Waals surface area contributed by atoms with E-state index in [2.05, 4.69) is 42.7 Å². The van der Waals surface area contributed by atoms with Gasteiger partial charge in [0.15, 0.2) is 0 Å². The van der Waals surface area contributed by atoms with Crippen LogP contribution >= 0.6 is 0 Å². The molecule has 20 heavy (non-hydrogen) atoms. The molecule has 0 aliphatic carbocycles. The normalized spacial score (nSPS) is 12.2. The second kappa shape index (κ2) is 7.08. The number of aryl methyl sites for hydroxylation is 1. The molecule has 106 valence electrons. The monoisotopic (exact) mass is 270 g/mol. The van der Waals surface area contributed by atoms with E-state index in [9.17, 15) is 0 Å². The van der Waals surface area contributed by atoms with E-state index in [1.54, 1.807) is 7.11 Å². The molecule has 3 N–H and O–H groups in total. The molecule has 1 atom stereocenters. The molecule has 0 radical (unpaired) electrons. The van der Waals surface area contributed by atoms with Crippen LogP contribution in [0.1, 0.15) is 16.7 Å². The molecule has 2 aromatic rings. The van der Waals surface area contributed by atoms with Crippen molar-refractivity contribution in [1.29, 1.82) is 0 Å². The maximum Gasteiger partial charge on any atom is 0.122 e. The molecular weight excluding hydrogens is 248 g/mol. The minimum Gasteiger partial charge on any atom is -0.496 e. The number of nitrogens with one attached hydrogen (secondary N) is 1. The molecule has 0 aliphatic heterocycles. The van der Waals surface area contributed by atoms with Crippen LogP contribution in [-0.4, -0.2) is 13.2 Å². The number of para-hydroxylation sites is 1. The van der Waals surface area contributed by atoms with Gasteiger partial charge in [-0.1, -0.05) is 42.5 Å². The number of rotatable bonds is 6. The van der Waals surface area contributed by atoms with Crippen LogP contribution in [0.15, 0.2) is 48.5 Å². The highest BCUT2D eigenvalue weighted by Gasteiger charge is 2.12. The summed E-state index contributed by atoms with van der Waals surface area (Å²) in [6, 6.07) is 16.7. The van der Waals surface area contributed by atoms with E-state index >= 15 is 0 Å². The van der Waals surface area contributed by atoms with Crippen LogP contribution in [0.2, 0.25) is 0 Å². The summed E-state index contributed by atoms with van der Waals surface area (Å²) in [5.74, 6) is 6.63. The summed E-state index contributed by atoms with van der Waals surface area (Å²) in [5.41, 5.74) is 6.72. The zero-order valence-corrected chi connectivity index (χ0v) is 12.1. The van der Waals surface area contributed by atoms with E-state index in [4.69, 9.17) is 10.6 Å². The van der Waals surface area contributed by atoms with Crippen molar-refractivity contribution in [3.05, 3.63) is 65.2 Å². The summed E-state index contributed by atoms with van der Waals surface area (Å²) in [6.07, 6.45) is 1.75. The van der Waals surface area contributed by atoms with Crippen molar-refractivity contribution in [2.24, 2.45) is 5.84 Å². The van der Waals surface area contributed by atoms with Gasteiger partial charge in [-0.25, -0.2) is 0 Å². The van der Waals surface area contributed by atoms with Gasteiger partial charge in [-0.15, -0.1) is 0 Å². The van der Waals surface area contributed by atoms with Crippen molar-refractivity contribution in [3.63, 3.8) is 0 Å². The molecule has 2 rings (SSSR count). The van der Waals surface area contributed by atoms with Gasteiger partial charge in [0.05, 0.1) is 7.11 Å². The average Bonchev–Trinajstić information content (AvgIpc) is 2.49. The van der Waals surface area contributed by atoms with Crippen LogP contribution in [0.25, 0.3) is 0 Å². The molecule has 0 amide bonds. The summed E-state index contributed by atoms with van der Waals surface area (Å²) >= 11 is 0. The number of hydrogen-bond acceptors (Lipinski definition) is 3. The lowest BCUT2D eigenvalue weighted by atomic mass is 9.96. The Hall–Kier alpha value is -1.84. The van der Waals surface area contributed by atoms with Gasteiger partial charge in [-0.3, -0.25) is 11.3 Å². The molecule has 0 heterocycles. The second-order valence-corrected chi connectivity index (χ2v) is 5.01. The predicted molar refractivity (Wildman–Crippen MR) is 82.7 cm³/mol. The molecule has 0 spiro atoms. The Morgan fingerprint density at radius 2 is 1.60 bits per heavy atom. The Bertz CT molecular complexity index is 554. The van der Waals surface area contributed by atoms with Gasteiger partial charge in [0, 0.05) is 6.04 Å². The highest BCUT2D eigenvalue weighted by molar-refractivity contribution is 5.34. The van der Waals surface area contributed by atoms with Crippen LogP contribution in [0.3, 0.4) is 0 Å². The standard InChI is InChI=1S/C17H22N2O/c1-13-7-3-4-8-14(13)11-16(19-18)12-15-9-5-6-10-17(15)20-2/h3-10,16,19H,11-12,18H2,1-2H3. The Morgan fingerprint density at radius 1 is 1.00 bits per heavy atom. The van der Waals surface area contributed by atoms with E-state index in [-0.39, 0.29) is 6.04 Å². The lowest BCUT2D eigenvalue weighted by molar-refractivity contribution is 0.404. The number of methoxy groups -OCH3 is 1. The minimum atomic E-state index is 0.187. The first-order chi connectivity index (χ1) is 9.74. The number of nitrogens with two attached hydrogens (primary N) is 1. The summed E-state index contributed by atoms with van der Waals surface area (Å²) in [6.45, 7) is 2.13. The van der Waals surface area contributed by atoms with E-state index in [0.717, 1.165) is 18.6 Å².